The van der Waals surface area contributed by atoms with E-state index in [4.69, 9.17) is 9.84 Å². The number of ether oxygens (including phenoxy) is 1. The van der Waals surface area contributed by atoms with Crippen LogP contribution in [0.25, 0.3) is 0 Å². The highest BCUT2D eigenvalue weighted by Crippen LogP contribution is 2.19. The minimum absolute atomic E-state index is 0.0694. The fourth-order valence-electron chi connectivity index (χ4n) is 2.12. The number of carboxylic acids is 1. The lowest BCUT2D eigenvalue weighted by Crippen LogP contribution is -2.37. The molecule has 1 aromatic heterocycles. The van der Waals surface area contributed by atoms with Crippen molar-refractivity contribution in [2.24, 2.45) is 0 Å². The summed E-state index contributed by atoms with van der Waals surface area (Å²) in [6.45, 7) is 5.70. The molecular weight excluding hydrogens is 244 g/mol. The third-order valence-corrected chi connectivity index (χ3v) is 3.22. The molecule has 19 heavy (non-hydrogen) atoms. The average Bonchev–Trinajstić information content (AvgIpc) is 2.43. The predicted octanol–water partition coefficient (Wildman–Crippen LogP) is 2.42. The zero-order valence-electron chi connectivity index (χ0n) is 11.8. The molecule has 0 unspecified atom stereocenters. The van der Waals surface area contributed by atoms with Gasteiger partial charge in [-0.05, 0) is 25.0 Å². The van der Waals surface area contributed by atoms with Gasteiger partial charge in [0.25, 0.3) is 0 Å². The number of anilines is 1. The summed E-state index contributed by atoms with van der Waals surface area (Å²) in [6.07, 6.45) is 3.68. The number of carboxylic acid groups (broad SMARTS) is 1. The Morgan fingerprint density at radius 2 is 2.11 bits per heavy atom. The van der Waals surface area contributed by atoms with Crippen molar-refractivity contribution in [3.63, 3.8) is 0 Å². The van der Waals surface area contributed by atoms with Crippen LogP contribution in [0.5, 0.6) is 0 Å². The highest BCUT2D eigenvalue weighted by molar-refractivity contribution is 5.85. The Balaban J connectivity index is 2.92. The van der Waals surface area contributed by atoms with Gasteiger partial charge in [-0.3, -0.25) is 0 Å². The molecule has 0 fully saturated rings. The molecule has 0 bridgehead atoms. The van der Waals surface area contributed by atoms with E-state index < -0.39 is 5.97 Å². The first-order chi connectivity index (χ1) is 9.13. The molecule has 0 spiro atoms. The summed E-state index contributed by atoms with van der Waals surface area (Å²) in [4.78, 5) is 17.0. The molecule has 0 saturated heterocycles. The molecule has 106 valence electrons. The molecule has 0 amide bonds. The van der Waals surface area contributed by atoms with Gasteiger partial charge >= 0.3 is 5.97 Å². The van der Waals surface area contributed by atoms with Gasteiger partial charge in [0, 0.05) is 19.7 Å². The number of carbonyl (C=O) groups is 1. The third-order valence-electron chi connectivity index (χ3n) is 3.22. The monoisotopic (exact) mass is 266 g/mol. The van der Waals surface area contributed by atoms with E-state index in [1.165, 1.54) is 0 Å². The standard InChI is InChI=1S/C14H22N2O3/c1-4-11(5-2)16(8-9-19-3)12-6-7-13(14(17)18)15-10-12/h6-7,10-11H,4-5,8-9H2,1-3H3,(H,17,18). The Morgan fingerprint density at radius 3 is 2.53 bits per heavy atom. The van der Waals surface area contributed by atoms with Crippen LogP contribution in [-0.2, 0) is 4.74 Å². The molecule has 0 aliphatic heterocycles. The summed E-state index contributed by atoms with van der Waals surface area (Å²) < 4.78 is 5.14. The van der Waals surface area contributed by atoms with Crippen molar-refractivity contribution < 1.29 is 14.6 Å². The van der Waals surface area contributed by atoms with Crippen LogP contribution >= 0.6 is 0 Å². The van der Waals surface area contributed by atoms with Crippen LogP contribution in [0.3, 0.4) is 0 Å². The molecule has 5 nitrogen and oxygen atoms in total. The van der Waals surface area contributed by atoms with Crippen LogP contribution in [0, 0.1) is 0 Å². The zero-order chi connectivity index (χ0) is 14.3. The summed E-state index contributed by atoms with van der Waals surface area (Å²) >= 11 is 0. The van der Waals surface area contributed by atoms with E-state index in [0.29, 0.717) is 12.6 Å². The van der Waals surface area contributed by atoms with Crippen molar-refractivity contribution in [3.05, 3.63) is 24.0 Å². The first-order valence-corrected chi connectivity index (χ1v) is 6.58. The molecular formula is C14H22N2O3. The van der Waals surface area contributed by atoms with Crippen LogP contribution in [-0.4, -0.2) is 42.4 Å². The summed E-state index contributed by atoms with van der Waals surface area (Å²) in [6, 6.07) is 3.76. The van der Waals surface area contributed by atoms with E-state index in [1.807, 2.05) is 6.07 Å². The first-order valence-electron chi connectivity index (χ1n) is 6.58. The van der Waals surface area contributed by atoms with Crippen molar-refractivity contribution in [1.82, 2.24) is 4.98 Å². The number of rotatable bonds is 8. The maximum absolute atomic E-state index is 10.8. The van der Waals surface area contributed by atoms with Gasteiger partial charge in [0.15, 0.2) is 0 Å². The zero-order valence-corrected chi connectivity index (χ0v) is 11.8. The Kier molecular flexibility index (Phi) is 6.29. The van der Waals surface area contributed by atoms with Gasteiger partial charge in [-0.15, -0.1) is 0 Å². The molecule has 1 N–H and O–H groups in total. The minimum Gasteiger partial charge on any atom is -0.477 e. The Hall–Kier alpha value is -1.62. The maximum atomic E-state index is 10.8. The highest BCUT2D eigenvalue weighted by Gasteiger charge is 2.16. The molecule has 0 atom stereocenters. The number of methoxy groups -OCH3 is 1. The maximum Gasteiger partial charge on any atom is 0.354 e. The van der Waals surface area contributed by atoms with Crippen LogP contribution < -0.4 is 4.90 Å². The van der Waals surface area contributed by atoms with E-state index in [9.17, 15) is 4.79 Å². The van der Waals surface area contributed by atoms with E-state index in [1.54, 1.807) is 19.4 Å². The van der Waals surface area contributed by atoms with Gasteiger partial charge in [0.2, 0.25) is 0 Å². The second kappa shape index (κ2) is 7.74. The normalized spacial score (nSPS) is 10.7. The topological polar surface area (TPSA) is 62.7 Å². The van der Waals surface area contributed by atoms with E-state index in [2.05, 4.69) is 23.7 Å². The Morgan fingerprint density at radius 1 is 1.42 bits per heavy atom. The third kappa shape index (κ3) is 4.21. The average molecular weight is 266 g/mol. The molecule has 0 aliphatic carbocycles. The Bertz CT molecular complexity index is 388. The van der Waals surface area contributed by atoms with Gasteiger partial charge in [-0.1, -0.05) is 13.8 Å². The molecule has 1 aromatic rings. The molecule has 0 aromatic carbocycles. The first kappa shape index (κ1) is 15.4. The molecule has 0 radical (unpaired) electrons. The number of aromatic carboxylic acids is 1. The number of hydrogen-bond acceptors (Lipinski definition) is 4. The predicted molar refractivity (Wildman–Crippen MR) is 74.8 cm³/mol. The Labute approximate surface area is 114 Å². The molecule has 0 saturated carbocycles. The van der Waals surface area contributed by atoms with Crippen molar-refractivity contribution in [2.45, 2.75) is 32.7 Å². The van der Waals surface area contributed by atoms with Crippen LogP contribution in [0.15, 0.2) is 18.3 Å². The summed E-state index contributed by atoms with van der Waals surface area (Å²) in [5, 5.41) is 8.86. The molecule has 1 rings (SSSR count). The molecule has 0 aliphatic rings. The lowest BCUT2D eigenvalue weighted by molar-refractivity contribution is 0.0690. The van der Waals surface area contributed by atoms with Gasteiger partial charge in [0.1, 0.15) is 5.69 Å². The van der Waals surface area contributed by atoms with Crippen LogP contribution in [0.4, 0.5) is 5.69 Å². The summed E-state index contributed by atoms with van der Waals surface area (Å²) in [5.74, 6) is -1.00. The van der Waals surface area contributed by atoms with Gasteiger partial charge in [0.05, 0.1) is 18.5 Å². The fraction of sp³-hybridized carbons (Fsp3) is 0.571. The minimum atomic E-state index is -1.00. The van der Waals surface area contributed by atoms with Crippen molar-refractivity contribution in [3.8, 4) is 0 Å². The van der Waals surface area contributed by atoms with Crippen LogP contribution in [0.2, 0.25) is 0 Å². The smallest absolute Gasteiger partial charge is 0.354 e. The summed E-state index contributed by atoms with van der Waals surface area (Å²) in [5.41, 5.74) is 1.01. The number of nitrogens with zero attached hydrogens (tertiary/aromatic N) is 2. The van der Waals surface area contributed by atoms with Gasteiger partial charge in [-0.2, -0.15) is 0 Å². The summed E-state index contributed by atoms with van der Waals surface area (Å²) in [7, 11) is 1.68. The van der Waals surface area contributed by atoms with Gasteiger partial charge < -0.3 is 14.7 Å². The van der Waals surface area contributed by atoms with Crippen molar-refractivity contribution in [2.75, 3.05) is 25.2 Å². The van der Waals surface area contributed by atoms with Crippen LogP contribution in [0.1, 0.15) is 37.2 Å². The number of pyridine rings is 1. The molecule has 1 heterocycles. The largest absolute Gasteiger partial charge is 0.477 e. The fourth-order valence-corrected chi connectivity index (χ4v) is 2.12. The highest BCUT2D eigenvalue weighted by atomic mass is 16.5. The van der Waals surface area contributed by atoms with E-state index in [-0.39, 0.29) is 5.69 Å². The van der Waals surface area contributed by atoms with E-state index >= 15 is 0 Å². The van der Waals surface area contributed by atoms with Crippen molar-refractivity contribution in [1.29, 1.82) is 0 Å². The number of hydrogen-bond donors (Lipinski definition) is 1. The lowest BCUT2D eigenvalue weighted by Gasteiger charge is -2.32. The van der Waals surface area contributed by atoms with Crippen molar-refractivity contribution >= 4 is 11.7 Å². The second-order valence-corrected chi connectivity index (χ2v) is 4.36. The lowest BCUT2D eigenvalue weighted by atomic mass is 10.1. The van der Waals surface area contributed by atoms with Gasteiger partial charge in [-0.25, -0.2) is 9.78 Å². The number of aromatic nitrogens is 1. The molecule has 5 heteroatoms. The second-order valence-electron chi connectivity index (χ2n) is 4.36. The van der Waals surface area contributed by atoms with E-state index in [0.717, 1.165) is 25.1 Å². The SMILES string of the molecule is CCC(CC)N(CCOC)c1ccc(C(=O)O)nc1. The quantitative estimate of drug-likeness (QED) is 0.783.